The fourth-order valence-electron chi connectivity index (χ4n) is 2.63. The standard InChI is InChI=1S/C20H16N4O/c1-2-6-16(7-3-1)17-9-11-19(12-10-17)25-14-15-5-4-8-18(13-15)20-21-23-24-22-20/h1-13H,14H2,(H,21,22,23,24). The number of tetrazole rings is 1. The lowest BCUT2D eigenvalue weighted by molar-refractivity contribution is 0.306. The summed E-state index contributed by atoms with van der Waals surface area (Å²) >= 11 is 0. The number of H-pyrrole nitrogens is 1. The maximum Gasteiger partial charge on any atom is 0.179 e. The lowest BCUT2D eigenvalue weighted by atomic mass is 10.1. The largest absolute Gasteiger partial charge is 0.489 e. The molecule has 4 rings (SSSR count). The highest BCUT2D eigenvalue weighted by Crippen LogP contribution is 2.23. The minimum Gasteiger partial charge on any atom is -0.489 e. The van der Waals surface area contributed by atoms with Crippen LogP contribution < -0.4 is 4.74 Å². The van der Waals surface area contributed by atoms with Crippen LogP contribution in [0.5, 0.6) is 5.75 Å². The van der Waals surface area contributed by atoms with Crippen molar-refractivity contribution in [2.24, 2.45) is 0 Å². The Bertz CT molecular complexity index is 935. The number of benzene rings is 3. The number of aromatic nitrogens is 4. The van der Waals surface area contributed by atoms with Gasteiger partial charge >= 0.3 is 0 Å². The lowest BCUT2D eigenvalue weighted by Gasteiger charge is -2.08. The van der Waals surface area contributed by atoms with Crippen LogP contribution in [0.1, 0.15) is 5.56 Å². The first-order chi connectivity index (χ1) is 12.4. The predicted molar refractivity (Wildman–Crippen MR) is 95.8 cm³/mol. The summed E-state index contributed by atoms with van der Waals surface area (Å²) in [7, 11) is 0. The number of ether oxygens (including phenoxy) is 1. The smallest absolute Gasteiger partial charge is 0.179 e. The van der Waals surface area contributed by atoms with E-state index in [0.29, 0.717) is 12.4 Å². The third kappa shape index (κ3) is 3.55. The molecule has 0 saturated carbocycles. The van der Waals surface area contributed by atoms with Crippen LogP contribution in [0.25, 0.3) is 22.5 Å². The first-order valence-corrected chi connectivity index (χ1v) is 8.00. The van der Waals surface area contributed by atoms with Gasteiger partial charge in [0.2, 0.25) is 0 Å². The normalized spacial score (nSPS) is 10.6. The van der Waals surface area contributed by atoms with Crippen molar-refractivity contribution in [1.82, 2.24) is 20.6 Å². The lowest BCUT2D eigenvalue weighted by Crippen LogP contribution is -1.96. The predicted octanol–water partition coefficient (Wildman–Crippen LogP) is 4.11. The van der Waals surface area contributed by atoms with Gasteiger partial charge in [0, 0.05) is 5.56 Å². The van der Waals surface area contributed by atoms with E-state index in [-0.39, 0.29) is 0 Å². The van der Waals surface area contributed by atoms with Crippen LogP contribution in [0.15, 0.2) is 78.9 Å². The zero-order valence-electron chi connectivity index (χ0n) is 13.5. The third-order valence-corrected chi connectivity index (χ3v) is 3.91. The van der Waals surface area contributed by atoms with Crippen molar-refractivity contribution >= 4 is 0 Å². The van der Waals surface area contributed by atoms with Crippen molar-refractivity contribution in [3.05, 3.63) is 84.4 Å². The zero-order valence-corrected chi connectivity index (χ0v) is 13.5. The molecule has 0 saturated heterocycles. The van der Waals surface area contributed by atoms with Gasteiger partial charge in [0.1, 0.15) is 12.4 Å². The Labute approximate surface area is 145 Å². The number of hydrogen-bond donors (Lipinski definition) is 1. The Kier molecular flexibility index (Phi) is 4.20. The minimum absolute atomic E-state index is 0.486. The Balaban J connectivity index is 1.44. The Morgan fingerprint density at radius 1 is 0.760 bits per heavy atom. The van der Waals surface area contributed by atoms with Crippen molar-refractivity contribution in [2.45, 2.75) is 6.61 Å². The fourth-order valence-corrected chi connectivity index (χ4v) is 2.63. The summed E-state index contributed by atoms with van der Waals surface area (Å²) in [4.78, 5) is 0. The Hall–Kier alpha value is -3.47. The molecule has 1 N–H and O–H groups in total. The van der Waals surface area contributed by atoms with Crippen molar-refractivity contribution in [3.8, 4) is 28.3 Å². The molecule has 0 radical (unpaired) electrons. The summed E-state index contributed by atoms with van der Waals surface area (Å²) < 4.78 is 5.89. The molecule has 0 spiro atoms. The summed E-state index contributed by atoms with van der Waals surface area (Å²) in [6.45, 7) is 0.486. The molecule has 122 valence electrons. The molecule has 0 aliphatic rings. The van der Waals surface area contributed by atoms with E-state index in [1.807, 2.05) is 54.6 Å². The Morgan fingerprint density at radius 2 is 1.52 bits per heavy atom. The van der Waals surface area contributed by atoms with Crippen molar-refractivity contribution in [2.75, 3.05) is 0 Å². The first kappa shape index (κ1) is 15.1. The molecule has 0 unspecified atom stereocenters. The average Bonchev–Trinajstić information content (AvgIpc) is 3.23. The molecule has 3 aromatic carbocycles. The third-order valence-electron chi connectivity index (χ3n) is 3.91. The molecule has 0 amide bonds. The summed E-state index contributed by atoms with van der Waals surface area (Å²) in [5.74, 6) is 1.49. The van der Waals surface area contributed by atoms with Crippen molar-refractivity contribution in [3.63, 3.8) is 0 Å². The second-order valence-corrected chi connectivity index (χ2v) is 5.63. The fraction of sp³-hybridized carbons (Fsp3) is 0.0500. The highest BCUT2D eigenvalue weighted by atomic mass is 16.5. The van der Waals surface area contributed by atoms with Crippen molar-refractivity contribution in [1.29, 1.82) is 0 Å². The maximum atomic E-state index is 5.89. The van der Waals surface area contributed by atoms with Crippen LogP contribution in [0.2, 0.25) is 0 Å². The van der Waals surface area contributed by atoms with E-state index in [9.17, 15) is 0 Å². The van der Waals surface area contributed by atoms with Crippen LogP contribution in [0, 0.1) is 0 Å². The molecule has 0 atom stereocenters. The molecule has 0 aliphatic carbocycles. The molecule has 1 heterocycles. The van der Waals surface area contributed by atoms with Gasteiger partial charge in [-0.25, -0.2) is 5.10 Å². The van der Waals surface area contributed by atoms with Gasteiger partial charge in [-0.1, -0.05) is 60.7 Å². The van der Waals surface area contributed by atoms with E-state index in [4.69, 9.17) is 4.74 Å². The highest BCUT2D eigenvalue weighted by Gasteiger charge is 2.04. The number of nitrogens with zero attached hydrogens (tertiary/aromatic N) is 3. The minimum atomic E-state index is 0.486. The summed E-state index contributed by atoms with van der Waals surface area (Å²) in [5.41, 5.74) is 4.36. The van der Waals surface area contributed by atoms with E-state index in [1.54, 1.807) is 0 Å². The van der Waals surface area contributed by atoms with Gasteiger partial charge in [-0.2, -0.15) is 0 Å². The van der Waals surface area contributed by atoms with Crippen LogP contribution in [0.3, 0.4) is 0 Å². The molecule has 0 bridgehead atoms. The summed E-state index contributed by atoms with van der Waals surface area (Å²) in [6, 6.07) is 26.4. The number of hydrogen-bond acceptors (Lipinski definition) is 4. The van der Waals surface area contributed by atoms with E-state index in [0.717, 1.165) is 16.9 Å². The molecular weight excluding hydrogens is 312 g/mol. The molecule has 4 aromatic rings. The molecule has 0 fully saturated rings. The zero-order chi connectivity index (χ0) is 16.9. The van der Waals surface area contributed by atoms with Gasteiger partial charge < -0.3 is 4.74 Å². The number of rotatable bonds is 5. The van der Waals surface area contributed by atoms with E-state index < -0.39 is 0 Å². The van der Waals surface area contributed by atoms with Crippen LogP contribution >= 0.6 is 0 Å². The van der Waals surface area contributed by atoms with Crippen LogP contribution in [-0.4, -0.2) is 20.6 Å². The van der Waals surface area contributed by atoms with Crippen LogP contribution in [0.4, 0.5) is 0 Å². The molecule has 1 aromatic heterocycles. The van der Waals surface area contributed by atoms with E-state index in [1.165, 1.54) is 11.1 Å². The quantitative estimate of drug-likeness (QED) is 0.599. The van der Waals surface area contributed by atoms with Gasteiger partial charge in [-0.05, 0) is 45.3 Å². The maximum absolute atomic E-state index is 5.89. The van der Waals surface area contributed by atoms with Gasteiger partial charge in [0.25, 0.3) is 0 Å². The average molecular weight is 328 g/mol. The number of aromatic amines is 1. The molecular formula is C20H16N4O. The molecule has 25 heavy (non-hydrogen) atoms. The monoisotopic (exact) mass is 328 g/mol. The Morgan fingerprint density at radius 3 is 2.28 bits per heavy atom. The SMILES string of the molecule is c1ccc(-c2ccc(OCc3cccc(-c4nnn[nH]4)c3)cc2)cc1. The molecule has 5 nitrogen and oxygen atoms in total. The van der Waals surface area contributed by atoms with Crippen molar-refractivity contribution < 1.29 is 4.74 Å². The van der Waals surface area contributed by atoms with E-state index >= 15 is 0 Å². The number of nitrogens with one attached hydrogen (secondary N) is 1. The second kappa shape index (κ2) is 6.97. The van der Waals surface area contributed by atoms with Gasteiger partial charge in [0.05, 0.1) is 0 Å². The van der Waals surface area contributed by atoms with Crippen LogP contribution in [-0.2, 0) is 6.61 Å². The van der Waals surface area contributed by atoms with E-state index in [2.05, 4.69) is 44.9 Å². The first-order valence-electron chi connectivity index (χ1n) is 8.00. The summed E-state index contributed by atoms with van der Waals surface area (Å²) in [6.07, 6.45) is 0. The summed E-state index contributed by atoms with van der Waals surface area (Å²) in [5, 5.41) is 13.9. The van der Waals surface area contributed by atoms with Gasteiger partial charge in [0.15, 0.2) is 5.82 Å². The topological polar surface area (TPSA) is 63.7 Å². The van der Waals surface area contributed by atoms with Gasteiger partial charge in [-0.15, -0.1) is 5.10 Å². The van der Waals surface area contributed by atoms with Gasteiger partial charge in [-0.3, -0.25) is 0 Å². The highest BCUT2D eigenvalue weighted by molar-refractivity contribution is 5.63. The molecule has 0 aliphatic heterocycles. The second-order valence-electron chi connectivity index (χ2n) is 5.63. The molecule has 5 heteroatoms.